The van der Waals surface area contributed by atoms with Gasteiger partial charge in [0.05, 0.1) is 12.2 Å². The normalized spacial score (nSPS) is 11.6. The van der Waals surface area contributed by atoms with Crippen molar-refractivity contribution in [2.45, 2.75) is 6.18 Å². The van der Waals surface area contributed by atoms with Crippen LogP contribution in [0.5, 0.6) is 0 Å². The first-order valence-corrected chi connectivity index (χ1v) is 6.34. The van der Waals surface area contributed by atoms with Gasteiger partial charge in [-0.15, -0.1) is 11.3 Å². The maximum atomic E-state index is 12.6. The van der Waals surface area contributed by atoms with Crippen LogP contribution in [0, 0.1) is 0 Å². The van der Waals surface area contributed by atoms with Crippen molar-refractivity contribution in [3.63, 3.8) is 0 Å². The number of primary amides is 1. The van der Waals surface area contributed by atoms with E-state index in [1.165, 1.54) is 0 Å². The van der Waals surface area contributed by atoms with E-state index in [0.717, 1.165) is 12.1 Å². The number of amides is 2. The van der Waals surface area contributed by atoms with Crippen molar-refractivity contribution in [2.24, 2.45) is 5.73 Å². The first kappa shape index (κ1) is 15.0. The van der Waals surface area contributed by atoms with E-state index in [0.29, 0.717) is 11.3 Å². The molecule has 0 saturated carbocycles. The number of nitrogen functional groups attached to an aromatic ring is 1. The second-order valence-corrected chi connectivity index (χ2v) is 5.04. The number of nitrogens with two attached hydrogens (primary N) is 2. The fourth-order valence-corrected chi connectivity index (χ4v) is 2.58. The summed E-state index contributed by atoms with van der Waals surface area (Å²) in [5.74, 6) is -1.44. The number of hydrogen-bond donors (Lipinski definition) is 3. The molecular weight excluding hydrogens is 309 g/mol. The van der Waals surface area contributed by atoms with E-state index in [4.69, 9.17) is 11.5 Å². The lowest BCUT2D eigenvalue weighted by atomic mass is 10.2. The van der Waals surface area contributed by atoms with Crippen LogP contribution in [0.25, 0.3) is 10.2 Å². The first-order valence-electron chi connectivity index (χ1n) is 5.53. The standard InChI is InChI=1S/C11H9F3N4O2S/c12-11(13,14)5-2-1-4-7(16)8(21-10(4)18-5)9(20)17-3-6(15)19/h1-2H,3,16H2,(H2,15,19)(H,17,20). The zero-order valence-corrected chi connectivity index (χ0v) is 11.1. The Bertz CT molecular complexity index is 726. The molecule has 0 aromatic carbocycles. The molecular formula is C11H9F3N4O2S. The van der Waals surface area contributed by atoms with Crippen molar-refractivity contribution in [3.05, 3.63) is 22.7 Å². The van der Waals surface area contributed by atoms with Gasteiger partial charge in [0.15, 0.2) is 0 Å². The van der Waals surface area contributed by atoms with Crippen LogP contribution in [0.15, 0.2) is 12.1 Å². The zero-order chi connectivity index (χ0) is 15.8. The van der Waals surface area contributed by atoms with E-state index in [9.17, 15) is 22.8 Å². The van der Waals surface area contributed by atoms with Crippen LogP contribution in [0.2, 0.25) is 0 Å². The minimum Gasteiger partial charge on any atom is -0.397 e. The van der Waals surface area contributed by atoms with E-state index in [-0.39, 0.29) is 20.8 Å². The fourth-order valence-electron chi connectivity index (χ4n) is 1.57. The second kappa shape index (κ2) is 5.20. The largest absolute Gasteiger partial charge is 0.433 e. The molecule has 0 unspecified atom stereocenters. The van der Waals surface area contributed by atoms with Gasteiger partial charge in [0.1, 0.15) is 15.4 Å². The molecule has 0 aliphatic heterocycles. The van der Waals surface area contributed by atoms with Gasteiger partial charge in [-0.1, -0.05) is 0 Å². The highest BCUT2D eigenvalue weighted by atomic mass is 32.1. The molecule has 0 radical (unpaired) electrons. The van der Waals surface area contributed by atoms with Gasteiger partial charge in [0, 0.05) is 5.39 Å². The van der Waals surface area contributed by atoms with Crippen LogP contribution in [0.1, 0.15) is 15.4 Å². The summed E-state index contributed by atoms with van der Waals surface area (Å²) in [5.41, 5.74) is 9.54. The summed E-state index contributed by atoms with van der Waals surface area (Å²) >= 11 is 0.714. The molecule has 2 aromatic rings. The van der Waals surface area contributed by atoms with Crippen molar-refractivity contribution in [2.75, 3.05) is 12.3 Å². The van der Waals surface area contributed by atoms with Crippen molar-refractivity contribution in [3.8, 4) is 0 Å². The highest BCUT2D eigenvalue weighted by Crippen LogP contribution is 2.35. The van der Waals surface area contributed by atoms with Crippen molar-refractivity contribution >= 4 is 39.1 Å². The fraction of sp³-hybridized carbons (Fsp3) is 0.182. The summed E-state index contributed by atoms with van der Waals surface area (Å²) in [5, 5.41) is 2.46. The van der Waals surface area contributed by atoms with Crippen molar-refractivity contribution in [1.29, 1.82) is 0 Å². The average molecular weight is 318 g/mol. The Morgan fingerprint density at radius 2 is 2.00 bits per heavy atom. The molecule has 5 N–H and O–H groups in total. The van der Waals surface area contributed by atoms with Crippen molar-refractivity contribution in [1.82, 2.24) is 10.3 Å². The molecule has 0 aliphatic carbocycles. The van der Waals surface area contributed by atoms with E-state index >= 15 is 0 Å². The number of alkyl halides is 3. The number of halogens is 3. The maximum absolute atomic E-state index is 12.6. The molecule has 10 heteroatoms. The van der Waals surface area contributed by atoms with E-state index in [1.54, 1.807) is 0 Å². The number of pyridine rings is 1. The van der Waals surface area contributed by atoms with Gasteiger partial charge in [0.2, 0.25) is 5.91 Å². The van der Waals surface area contributed by atoms with Gasteiger partial charge in [0.25, 0.3) is 5.91 Å². The Labute approximate surface area is 119 Å². The smallest absolute Gasteiger partial charge is 0.397 e. The Hall–Kier alpha value is -2.36. The van der Waals surface area contributed by atoms with Gasteiger partial charge in [-0.3, -0.25) is 9.59 Å². The minimum atomic E-state index is -4.58. The van der Waals surface area contributed by atoms with E-state index in [2.05, 4.69) is 10.3 Å². The molecule has 2 rings (SSSR count). The number of nitrogens with one attached hydrogen (secondary N) is 1. The Morgan fingerprint density at radius 1 is 1.33 bits per heavy atom. The molecule has 2 heterocycles. The van der Waals surface area contributed by atoms with Crippen LogP contribution < -0.4 is 16.8 Å². The highest BCUT2D eigenvalue weighted by Gasteiger charge is 2.33. The van der Waals surface area contributed by atoms with Gasteiger partial charge in [-0.05, 0) is 12.1 Å². The summed E-state index contributed by atoms with van der Waals surface area (Å²) < 4.78 is 37.7. The topological polar surface area (TPSA) is 111 Å². The number of hydrogen-bond acceptors (Lipinski definition) is 5. The molecule has 0 aliphatic rings. The Balaban J connectivity index is 2.41. The third-order valence-electron chi connectivity index (χ3n) is 2.51. The van der Waals surface area contributed by atoms with Crippen LogP contribution in [-0.4, -0.2) is 23.3 Å². The number of anilines is 1. The van der Waals surface area contributed by atoms with Gasteiger partial charge in [-0.25, -0.2) is 4.98 Å². The lowest BCUT2D eigenvalue weighted by Crippen LogP contribution is -2.33. The minimum absolute atomic E-state index is 0.00782. The SMILES string of the molecule is NC(=O)CNC(=O)c1sc2nc(C(F)(F)F)ccc2c1N. The van der Waals surface area contributed by atoms with E-state index < -0.39 is 30.2 Å². The molecule has 0 saturated heterocycles. The van der Waals surface area contributed by atoms with Crippen LogP contribution in [-0.2, 0) is 11.0 Å². The predicted octanol–water partition coefficient (Wildman–Crippen LogP) is 1.11. The predicted molar refractivity (Wildman–Crippen MR) is 70.6 cm³/mol. The molecule has 21 heavy (non-hydrogen) atoms. The van der Waals surface area contributed by atoms with Crippen molar-refractivity contribution < 1.29 is 22.8 Å². The molecule has 0 fully saturated rings. The van der Waals surface area contributed by atoms with E-state index in [1.807, 2.05) is 0 Å². The quantitative estimate of drug-likeness (QED) is 0.787. The third-order valence-corrected chi connectivity index (χ3v) is 3.63. The zero-order valence-electron chi connectivity index (χ0n) is 10.3. The third kappa shape index (κ3) is 3.05. The Kier molecular flexibility index (Phi) is 3.73. The summed E-state index contributed by atoms with van der Waals surface area (Å²) in [7, 11) is 0. The van der Waals surface area contributed by atoms with Crippen LogP contribution in [0.3, 0.4) is 0 Å². The molecule has 0 atom stereocenters. The number of nitrogens with zero attached hydrogens (tertiary/aromatic N) is 1. The number of aromatic nitrogens is 1. The summed E-state index contributed by atoms with van der Waals surface area (Å²) in [6, 6.07) is 1.94. The number of fused-ring (bicyclic) bond motifs is 1. The molecule has 0 bridgehead atoms. The number of thiophene rings is 1. The number of carbonyl (C=O) groups is 2. The maximum Gasteiger partial charge on any atom is 0.433 e. The summed E-state index contributed by atoms with van der Waals surface area (Å²) in [4.78, 5) is 25.8. The average Bonchev–Trinajstić information content (AvgIpc) is 2.72. The molecule has 2 aromatic heterocycles. The van der Waals surface area contributed by atoms with Crippen LogP contribution >= 0.6 is 11.3 Å². The van der Waals surface area contributed by atoms with Gasteiger partial charge >= 0.3 is 6.18 Å². The monoisotopic (exact) mass is 318 g/mol. The highest BCUT2D eigenvalue weighted by molar-refractivity contribution is 7.21. The summed E-state index contributed by atoms with van der Waals surface area (Å²) in [6.07, 6.45) is -4.58. The van der Waals surface area contributed by atoms with Gasteiger partial charge in [-0.2, -0.15) is 13.2 Å². The molecule has 0 spiro atoms. The Morgan fingerprint density at radius 3 is 2.57 bits per heavy atom. The molecule has 6 nitrogen and oxygen atoms in total. The lowest BCUT2D eigenvalue weighted by molar-refractivity contribution is -0.140. The lowest BCUT2D eigenvalue weighted by Gasteiger charge is -2.04. The second-order valence-electron chi connectivity index (χ2n) is 4.04. The van der Waals surface area contributed by atoms with Gasteiger partial charge < -0.3 is 16.8 Å². The summed E-state index contributed by atoms with van der Waals surface area (Å²) in [6.45, 7) is -0.395. The number of carbonyl (C=O) groups excluding carboxylic acids is 2. The first-order chi connectivity index (χ1) is 9.70. The molecule has 112 valence electrons. The number of rotatable bonds is 3. The molecule has 2 amide bonds. The van der Waals surface area contributed by atoms with Crippen LogP contribution in [0.4, 0.5) is 18.9 Å².